The van der Waals surface area contributed by atoms with Crippen LogP contribution in [0.2, 0.25) is 0 Å². The van der Waals surface area contributed by atoms with Crippen molar-refractivity contribution in [3.05, 3.63) is 29.7 Å². The summed E-state index contributed by atoms with van der Waals surface area (Å²) in [5, 5.41) is 23.5. The van der Waals surface area contributed by atoms with Gasteiger partial charge in [0.2, 0.25) is 5.91 Å². The van der Waals surface area contributed by atoms with Crippen LogP contribution in [0.15, 0.2) is 18.3 Å². The van der Waals surface area contributed by atoms with Crippen molar-refractivity contribution in [2.45, 2.75) is 51.6 Å². The second-order valence-electron chi connectivity index (χ2n) is 9.23. The molecule has 1 aliphatic heterocycles. The molecule has 0 aromatic carbocycles. The van der Waals surface area contributed by atoms with Crippen LogP contribution < -0.4 is 15.5 Å². The Morgan fingerprint density at radius 3 is 2.62 bits per heavy atom. The van der Waals surface area contributed by atoms with Crippen molar-refractivity contribution in [3.8, 4) is 11.3 Å². The highest BCUT2D eigenvalue weighted by atomic mass is 16.2. The van der Waals surface area contributed by atoms with E-state index in [9.17, 15) is 9.59 Å². The molecule has 3 aromatic heterocycles. The molecule has 0 bridgehead atoms. The molecular weight excluding hydrogens is 434 g/mol. The second-order valence-corrected chi connectivity index (χ2v) is 9.23. The largest absolute Gasteiger partial charge is 0.357 e. The lowest BCUT2D eigenvalue weighted by atomic mass is 9.97. The topological polar surface area (TPSA) is 131 Å². The van der Waals surface area contributed by atoms with Gasteiger partial charge in [-0.3, -0.25) is 9.59 Å². The average Bonchev–Trinajstić information content (AvgIpc) is 3.72. The number of fused-ring (bicyclic) bond motifs is 3. The summed E-state index contributed by atoms with van der Waals surface area (Å²) < 4.78 is 0. The van der Waals surface area contributed by atoms with E-state index >= 15 is 0 Å². The first-order valence-electron chi connectivity index (χ1n) is 11.6. The number of amides is 1. The molecule has 2 saturated carbocycles. The number of hydrogen-bond donors (Lipinski definition) is 2. The van der Waals surface area contributed by atoms with Crippen molar-refractivity contribution in [2.24, 2.45) is 13.0 Å². The van der Waals surface area contributed by atoms with Gasteiger partial charge in [0, 0.05) is 43.8 Å². The molecule has 3 aliphatic rings. The summed E-state index contributed by atoms with van der Waals surface area (Å²) in [5.74, 6) is 0.627. The maximum absolute atomic E-state index is 12.3. The van der Waals surface area contributed by atoms with Gasteiger partial charge in [-0.15, -0.1) is 10.2 Å². The van der Waals surface area contributed by atoms with Crippen molar-refractivity contribution >= 4 is 34.7 Å². The first-order chi connectivity index (χ1) is 16.4. The number of nitrogens with zero attached hydrogens (tertiary/aromatic N) is 7. The lowest BCUT2D eigenvalue weighted by Gasteiger charge is -2.36. The minimum atomic E-state index is -0.233. The number of rotatable bonds is 6. The Morgan fingerprint density at radius 1 is 1.12 bits per heavy atom. The SMILES string of the molecule is CC(=O)c1nnc(NC(=O)C2CC2)cc1Nc1nccc2c1N(C1CC1)[C@@H](C)c1nn(C)nc1-2. The molecule has 0 unspecified atom stereocenters. The van der Waals surface area contributed by atoms with E-state index in [0.29, 0.717) is 23.4 Å². The molecule has 1 atom stereocenters. The third-order valence-electron chi connectivity index (χ3n) is 6.51. The summed E-state index contributed by atoms with van der Waals surface area (Å²) in [4.78, 5) is 33.1. The Hall–Kier alpha value is -3.89. The van der Waals surface area contributed by atoms with Gasteiger partial charge in [0.15, 0.2) is 23.1 Å². The zero-order valence-corrected chi connectivity index (χ0v) is 19.2. The highest BCUT2D eigenvalue weighted by Crippen LogP contribution is 2.50. The number of anilines is 4. The van der Waals surface area contributed by atoms with Crippen LogP contribution in [0.3, 0.4) is 0 Å². The molecular formula is C23H25N9O2. The first-order valence-corrected chi connectivity index (χ1v) is 11.6. The smallest absolute Gasteiger partial charge is 0.228 e. The van der Waals surface area contributed by atoms with Crippen molar-refractivity contribution in [3.63, 3.8) is 0 Å². The maximum atomic E-state index is 12.3. The predicted octanol–water partition coefficient (Wildman–Crippen LogP) is 3.01. The zero-order valence-electron chi connectivity index (χ0n) is 19.2. The van der Waals surface area contributed by atoms with E-state index in [-0.39, 0.29) is 29.3 Å². The Balaban J connectivity index is 1.44. The summed E-state index contributed by atoms with van der Waals surface area (Å²) in [7, 11) is 1.83. The third kappa shape index (κ3) is 3.47. The highest BCUT2D eigenvalue weighted by molar-refractivity contribution is 6.00. The Bertz CT molecular complexity index is 1330. The number of carbonyl (C=O) groups is 2. The Kier molecular flexibility index (Phi) is 4.61. The summed E-state index contributed by atoms with van der Waals surface area (Å²) in [6.07, 6.45) is 5.69. The molecule has 6 rings (SSSR count). The van der Waals surface area contributed by atoms with Crippen LogP contribution in [-0.4, -0.2) is 47.9 Å². The number of carbonyl (C=O) groups excluding carboxylic acids is 2. The number of pyridine rings is 1. The first kappa shape index (κ1) is 20.7. The van der Waals surface area contributed by atoms with Gasteiger partial charge in [0.25, 0.3) is 0 Å². The van der Waals surface area contributed by atoms with Crippen LogP contribution >= 0.6 is 0 Å². The van der Waals surface area contributed by atoms with E-state index in [1.54, 1.807) is 17.1 Å². The molecule has 0 spiro atoms. The van der Waals surface area contributed by atoms with Crippen molar-refractivity contribution < 1.29 is 9.59 Å². The van der Waals surface area contributed by atoms with Crippen molar-refractivity contribution in [2.75, 3.05) is 15.5 Å². The van der Waals surface area contributed by atoms with Crippen LogP contribution in [0, 0.1) is 5.92 Å². The fourth-order valence-corrected chi connectivity index (χ4v) is 4.58. The fourth-order valence-electron chi connectivity index (χ4n) is 4.58. The third-order valence-corrected chi connectivity index (χ3v) is 6.51. The van der Waals surface area contributed by atoms with E-state index in [0.717, 1.165) is 48.3 Å². The predicted molar refractivity (Wildman–Crippen MR) is 125 cm³/mol. The number of aromatic nitrogens is 6. The Morgan fingerprint density at radius 2 is 1.91 bits per heavy atom. The van der Waals surface area contributed by atoms with Gasteiger partial charge in [-0.2, -0.15) is 15.0 Å². The number of Topliss-reactive ketones (excluding diaryl/α,β-unsaturated/α-hetero) is 1. The molecule has 11 heteroatoms. The monoisotopic (exact) mass is 459 g/mol. The van der Waals surface area contributed by atoms with E-state index in [1.807, 2.05) is 13.1 Å². The molecule has 2 N–H and O–H groups in total. The highest BCUT2D eigenvalue weighted by Gasteiger charge is 2.42. The summed E-state index contributed by atoms with van der Waals surface area (Å²) >= 11 is 0. The Labute approximate surface area is 196 Å². The molecule has 4 heterocycles. The van der Waals surface area contributed by atoms with Gasteiger partial charge in [0.1, 0.15) is 11.4 Å². The number of aryl methyl sites for hydroxylation is 1. The quantitative estimate of drug-likeness (QED) is 0.534. The fraction of sp³-hybridized carbons (Fsp3) is 0.435. The molecule has 11 nitrogen and oxygen atoms in total. The van der Waals surface area contributed by atoms with Gasteiger partial charge in [-0.1, -0.05) is 0 Å². The second kappa shape index (κ2) is 7.57. The van der Waals surface area contributed by atoms with E-state index in [2.05, 4.69) is 47.8 Å². The molecule has 174 valence electrons. The average molecular weight is 460 g/mol. The lowest BCUT2D eigenvalue weighted by molar-refractivity contribution is -0.117. The molecule has 0 radical (unpaired) electrons. The molecule has 2 fully saturated rings. The van der Waals surface area contributed by atoms with Crippen LogP contribution in [0.1, 0.15) is 61.8 Å². The maximum Gasteiger partial charge on any atom is 0.228 e. The van der Waals surface area contributed by atoms with Crippen molar-refractivity contribution in [1.29, 1.82) is 0 Å². The van der Waals surface area contributed by atoms with Gasteiger partial charge in [-0.05, 0) is 38.7 Å². The van der Waals surface area contributed by atoms with Gasteiger partial charge < -0.3 is 15.5 Å². The number of hydrogen-bond acceptors (Lipinski definition) is 9. The van der Waals surface area contributed by atoms with E-state index in [1.165, 1.54) is 6.92 Å². The lowest BCUT2D eigenvalue weighted by Crippen LogP contribution is -2.33. The normalized spacial score (nSPS) is 18.8. The van der Waals surface area contributed by atoms with Gasteiger partial charge in [0.05, 0.1) is 17.4 Å². The van der Waals surface area contributed by atoms with Crippen LogP contribution in [0.25, 0.3) is 11.3 Å². The minimum Gasteiger partial charge on any atom is -0.357 e. The molecule has 1 amide bonds. The molecule has 0 saturated heterocycles. The van der Waals surface area contributed by atoms with Crippen LogP contribution in [0.4, 0.5) is 23.0 Å². The minimum absolute atomic E-state index is 0.0308. The van der Waals surface area contributed by atoms with Gasteiger partial charge >= 0.3 is 0 Å². The van der Waals surface area contributed by atoms with Crippen molar-refractivity contribution in [1.82, 2.24) is 30.2 Å². The number of ketones is 1. The van der Waals surface area contributed by atoms with E-state index < -0.39 is 0 Å². The van der Waals surface area contributed by atoms with Gasteiger partial charge in [-0.25, -0.2) is 4.98 Å². The standard InChI is InChI=1S/C23H25N9O2/c1-11-18-20(30-31(3)29-18)15-8-9-24-22(21(15)32(11)14-6-7-14)25-16-10-17(26-23(34)13-4-5-13)27-28-19(16)12(2)33/h8-11,13-14H,4-7H2,1-3H3,(H2,24,25,26,27,34)/t11-/m0/s1. The van der Waals surface area contributed by atoms with Crippen LogP contribution in [0.5, 0.6) is 0 Å². The van der Waals surface area contributed by atoms with E-state index in [4.69, 9.17) is 0 Å². The number of nitrogens with one attached hydrogen (secondary N) is 2. The van der Waals surface area contributed by atoms with Crippen LogP contribution in [-0.2, 0) is 11.8 Å². The summed E-state index contributed by atoms with van der Waals surface area (Å²) in [6.45, 7) is 3.57. The molecule has 3 aromatic rings. The summed E-state index contributed by atoms with van der Waals surface area (Å²) in [5.41, 5.74) is 4.29. The summed E-state index contributed by atoms with van der Waals surface area (Å²) in [6, 6.07) is 4.02. The molecule has 34 heavy (non-hydrogen) atoms. The zero-order chi connectivity index (χ0) is 23.6. The molecule has 2 aliphatic carbocycles.